The number of halogens is 2. The Labute approximate surface area is 128 Å². The third kappa shape index (κ3) is 3.94. The lowest BCUT2D eigenvalue weighted by Gasteiger charge is -2.26. The highest BCUT2D eigenvalue weighted by atomic mass is 35.5. The zero-order valence-electron chi connectivity index (χ0n) is 12.5. The van der Waals surface area contributed by atoms with Crippen molar-refractivity contribution in [2.75, 3.05) is 13.7 Å². The van der Waals surface area contributed by atoms with Crippen molar-refractivity contribution in [3.63, 3.8) is 0 Å². The van der Waals surface area contributed by atoms with Gasteiger partial charge in [-0.3, -0.25) is 4.79 Å². The minimum absolute atomic E-state index is 0.0239. The highest BCUT2D eigenvalue weighted by Gasteiger charge is 2.32. The molecule has 0 aliphatic rings. The molecular weight excluding hydrogens is 299 g/mol. The van der Waals surface area contributed by atoms with E-state index in [1.54, 1.807) is 26.8 Å². The van der Waals surface area contributed by atoms with Gasteiger partial charge in [0.1, 0.15) is 0 Å². The van der Waals surface area contributed by atoms with Gasteiger partial charge in [0.2, 0.25) is 5.78 Å². The maximum absolute atomic E-state index is 14.0. The quantitative estimate of drug-likeness (QED) is 0.597. The zero-order chi connectivity index (χ0) is 16.2. The standard InChI is InChI=1S/C15H18ClFO4/c1-5-21-14(19)11(18)8-15(2,3)9-6-7-10(16)12(17)13(9)20-4/h6-7H,5,8H2,1-4H3. The second kappa shape index (κ2) is 6.89. The van der Waals surface area contributed by atoms with Crippen molar-refractivity contribution in [3.05, 3.63) is 28.5 Å². The van der Waals surface area contributed by atoms with Gasteiger partial charge >= 0.3 is 5.97 Å². The van der Waals surface area contributed by atoms with E-state index in [-0.39, 0.29) is 23.8 Å². The molecule has 0 aromatic heterocycles. The van der Waals surface area contributed by atoms with E-state index in [4.69, 9.17) is 16.3 Å². The average molecular weight is 317 g/mol. The van der Waals surface area contributed by atoms with Crippen molar-refractivity contribution >= 4 is 23.4 Å². The molecule has 0 saturated heterocycles. The van der Waals surface area contributed by atoms with E-state index in [0.717, 1.165) is 0 Å². The van der Waals surface area contributed by atoms with Crippen LogP contribution in [-0.4, -0.2) is 25.5 Å². The van der Waals surface area contributed by atoms with E-state index in [0.29, 0.717) is 5.56 Å². The third-order valence-electron chi connectivity index (χ3n) is 3.09. The van der Waals surface area contributed by atoms with Crippen molar-refractivity contribution < 1.29 is 23.5 Å². The molecule has 0 saturated carbocycles. The highest BCUT2D eigenvalue weighted by molar-refractivity contribution is 6.33. The Bertz CT molecular complexity index is 555. The summed E-state index contributed by atoms with van der Waals surface area (Å²) in [5.74, 6) is -2.27. The number of carbonyl (C=O) groups is 2. The molecule has 0 atom stereocenters. The Kier molecular flexibility index (Phi) is 5.72. The van der Waals surface area contributed by atoms with Crippen LogP contribution >= 0.6 is 11.6 Å². The van der Waals surface area contributed by atoms with Crippen molar-refractivity contribution in [2.45, 2.75) is 32.6 Å². The maximum Gasteiger partial charge on any atom is 0.374 e. The highest BCUT2D eigenvalue weighted by Crippen LogP contribution is 2.38. The van der Waals surface area contributed by atoms with Gasteiger partial charge in [0.25, 0.3) is 0 Å². The van der Waals surface area contributed by atoms with Crippen LogP contribution in [0.4, 0.5) is 4.39 Å². The molecule has 0 amide bonds. The lowest BCUT2D eigenvalue weighted by Crippen LogP contribution is -2.28. The number of hydrogen-bond acceptors (Lipinski definition) is 4. The molecule has 0 N–H and O–H groups in total. The molecule has 0 spiro atoms. The third-order valence-corrected chi connectivity index (χ3v) is 3.38. The van der Waals surface area contributed by atoms with Crippen LogP contribution in [0.1, 0.15) is 32.8 Å². The van der Waals surface area contributed by atoms with Crippen LogP contribution in [0.3, 0.4) is 0 Å². The fraction of sp³-hybridized carbons (Fsp3) is 0.467. The van der Waals surface area contributed by atoms with Gasteiger partial charge in [-0.25, -0.2) is 9.18 Å². The van der Waals surface area contributed by atoms with Crippen molar-refractivity contribution in [1.82, 2.24) is 0 Å². The van der Waals surface area contributed by atoms with Gasteiger partial charge in [-0.2, -0.15) is 0 Å². The predicted molar refractivity (Wildman–Crippen MR) is 77.2 cm³/mol. The minimum Gasteiger partial charge on any atom is -0.493 e. The van der Waals surface area contributed by atoms with Crippen LogP contribution in [0.15, 0.2) is 12.1 Å². The molecule has 6 heteroatoms. The monoisotopic (exact) mass is 316 g/mol. The molecular formula is C15H18ClFO4. The molecule has 1 aromatic carbocycles. The molecule has 116 valence electrons. The summed E-state index contributed by atoms with van der Waals surface area (Å²) in [7, 11) is 1.32. The van der Waals surface area contributed by atoms with E-state index in [9.17, 15) is 14.0 Å². The summed E-state index contributed by atoms with van der Waals surface area (Å²) in [6.07, 6.45) is -0.122. The maximum atomic E-state index is 14.0. The van der Waals surface area contributed by atoms with E-state index in [2.05, 4.69) is 4.74 Å². The van der Waals surface area contributed by atoms with Crippen LogP contribution < -0.4 is 4.74 Å². The molecule has 1 aromatic rings. The zero-order valence-corrected chi connectivity index (χ0v) is 13.2. The van der Waals surface area contributed by atoms with Gasteiger partial charge in [0.05, 0.1) is 18.7 Å². The normalized spacial score (nSPS) is 11.1. The number of ether oxygens (including phenoxy) is 2. The van der Waals surface area contributed by atoms with Crippen LogP contribution in [0.25, 0.3) is 0 Å². The number of ketones is 1. The molecule has 0 fully saturated rings. The summed E-state index contributed by atoms with van der Waals surface area (Å²) < 4.78 is 23.7. The summed E-state index contributed by atoms with van der Waals surface area (Å²) in [4.78, 5) is 23.3. The van der Waals surface area contributed by atoms with Gasteiger partial charge in [-0.05, 0) is 13.0 Å². The van der Waals surface area contributed by atoms with Crippen molar-refractivity contribution in [1.29, 1.82) is 0 Å². The van der Waals surface area contributed by atoms with Gasteiger partial charge in [-0.1, -0.05) is 31.5 Å². The fourth-order valence-electron chi connectivity index (χ4n) is 2.04. The molecule has 0 unspecified atom stereocenters. The second-order valence-corrected chi connectivity index (χ2v) is 5.55. The van der Waals surface area contributed by atoms with Gasteiger partial charge in [0.15, 0.2) is 11.6 Å². The number of rotatable bonds is 6. The molecule has 0 radical (unpaired) electrons. The molecule has 0 aliphatic carbocycles. The Morgan fingerprint density at radius 2 is 1.95 bits per heavy atom. The Morgan fingerprint density at radius 3 is 2.48 bits per heavy atom. The minimum atomic E-state index is -0.890. The van der Waals surface area contributed by atoms with Gasteiger partial charge in [0, 0.05) is 17.4 Å². The topological polar surface area (TPSA) is 52.6 Å². The molecule has 0 bridgehead atoms. The largest absolute Gasteiger partial charge is 0.493 e. The van der Waals surface area contributed by atoms with Crippen LogP contribution in [0, 0.1) is 5.82 Å². The number of hydrogen-bond donors (Lipinski definition) is 0. The summed E-state index contributed by atoms with van der Waals surface area (Å²) in [5, 5.41) is -0.0666. The lowest BCUT2D eigenvalue weighted by molar-refractivity contribution is -0.154. The first kappa shape index (κ1) is 17.4. The molecule has 21 heavy (non-hydrogen) atoms. The Balaban J connectivity index is 3.11. The Hall–Kier alpha value is -1.62. The smallest absolute Gasteiger partial charge is 0.374 e. The van der Waals surface area contributed by atoms with E-state index in [1.807, 2.05) is 0 Å². The SMILES string of the molecule is CCOC(=O)C(=O)CC(C)(C)c1ccc(Cl)c(F)c1OC. The van der Waals surface area contributed by atoms with Crippen molar-refractivity contribution in [3.8, 4) is 5.75 Å². The summed E-state index contributed by atoms with van der Waals surface area (Å²) in [5.41, 5.74) is -0.342. The average Bonchev–Trinajstić information content (AvgIpc) is 2.41. The molecule has 0 aliphatic heterocycles. The van der Waals surface area contributed by atoms with Crippen LogP contribution in [-0.2, 0) is 19.7 Å². The summed E-state index contributed by atoms with van der Waals surface area (Å²) in [6.45, 7) is 5.18. The molecule has 4 nitrogen and oxygen atoms in total. The van der Waals surface area contributed by atoms with E-state index in [1.165, 1.54) is 13.2 Å². The lowest BCUT2D eigenvalue weighted by atomic mass is 9.79. The van der Waals surface area contributed by atoms with Gasteiger partial charge in [-0.15, -0.1) is 0 Å². The van der Waals surface area contributed by atoms with Crippen molar-refractivity contribution in [2.24, 2.45) is 0 Å². The predicted octanol–water partition coefficient (Wildman–Crippen LogP) is 3.29. The van der Waals surface area contributed by atoms with Crippen LogP contribution in [0.5, 0.6) is 5.75 Å². The summed E-state index contributed by atoms with van der Waals surface area (Å²) >= 11 is 5.72. The number of esters is 1. The number of Topliss-reactive ketones (excluding diaryl/α,β-unsaturated/α-hetero) is 1. The molecule has 1 rings (SSSR count). The fourth-order valence-corrected chi connectivity index (χ4v) is 2.19. The second-order valence-electron chi connectivity index (χ2n) is 5.15. The van der Waals surface area contributed by atoms with E-state index >= 15 is 0 Å². The number of methoxy groups -OCH3 is 1. The van der Waals surface area contributed by atoms with Gasteiger partial charge < -0.3 is 9.47 Å². The molecule has 0 heterocycles. The van der Waals surface area contributed by atoms with E-state index < -0.39 is 23.0 Å². The summed E-state index contributed by atoms with van der Waals surface area (Å²) in [6, 6.07) is 2.98. The first-order valence-corrected chi connectivity index (χ1v) is 6.84. The number of carbonyl (C=O) groups excluding carboxylic acids is 2. The first-order chi connectivity index (χ1) is 9.74. The number of benzene rings is 1. The Morgan fingerprint density at radius 1 is 1.33 bits per heavy atom. The van der Waals surface area contributed by atoms with Crippen LogP contribution in [0.2, 0.25) is 5.02 Å². The first-order valence-electron chi connectivity index (χ1n) is 6.47.